The number of thiocarbonyl (C=S) groups is 1. The lowest BCUT2D eigenvalue weighted by molar-refractivity contribution is 0.0973. The van der Waals surface area contributed by atoms with E-state index in [1.807, 2.05) is 6.07 Å². The molecule has 0 fully saturated rings. The summed E-state index contributed by atoms with van der Waals surface area (Å²) >= 11 is 8.73. The minimum Gasteiger partial charge on any atom is -0.497 e. The molecular formula is C22H27BrN2O4S. The molecule has 0 bridgehead atoms. The van der Waals surface area contributed by atoms with Crippen molar-refractivity contribution in [2.24, 2.45) is 0 Å². The van der Waals surface area contributed by atoms with E-state index in [1.165, 1.54) is 6.42 Å². The number of methoxy groups -OCH3 is 2. The van der Waals surface area contributed by atoms with Crippen molar-refractivity contribution in [3.05, 3.63) is 46.4 Å². The summed E-state index contributed by atoms with van der Waals surface area (Å²) in [7, 11) is 3.13. The summed E-state index contributed by atoms with van der Waals surface area (Å²) in [6, 6.07) is 10.6. The van der Waals surface area contributed by atoms with Gasteiger partial charge in [-0.25, -0.2) is 0 Å². The zero-order valence-electron chi connectivity index (χ0n) is 17.4. The van der Waals surface area contributed by atoms with E-state index in [9.17, 15) is 4.79 Å². The van der Waals surface area contributed by atoms with Gasteiger partial charge >= 0.3 is 0 Å². The predicted octanol–water partition coefficient (Wildman–Crippen LogP) is 5.55. The Morgan fingerprint density at radius 2 is 1.80 bits per heavy atom. The maximum absolute atomic E-state index is 12.8. The lowest BCUT2D eigenvalue weighted by atomic mass is 10.2. The van der Waals surface area contributed by atoms with Crippen molar-refractivity contribution in [1.29, 1.82) is 0 Å². The Morgan fingerprint density at radius 3 is 2.50 bits per heavy atom. The average molecular weight is 495 g/mol. The molecule has 30 heavy (non-hydrogen) atoms. The Bertz CT molecular complexity index is 876. The molecule has 0 aliphatic carbocycles. The molecule has 0 radical (unpaired) electrons. The molecule has 0 unspecified atom stereocenters. The van der Waals surface area contributed by atoms with Crippen LogP contribution in [0, 0.1) is 0 Å². The van der Waals surface area contributed by atoms with Gasteiger partial charge in [-0.15, -0.1) is 0 Å². The van der Waals surface area contributed by atoms with Crippen LogP contribution in [0.25, 0.3) is 0 Å². The fourth-order valence-electron chi connectivity index (χ4n) is 2.75. The second-order valence-corrected chi connectivity index (χ2v) is 7.85. The number of rotatable bonds is 10. The standard InChI is InChI=1S/C22H27BrN2O4S/c1-4-5-6-7-12-29-19-10-8-15(23)13-17(19)21(26)25-22(30)24-18-14-16(27-2)9-11-20(18)28-3/h8-11,13-14H,4-7,12H2,1-3H3,(H2,24,25,26,30). The fraction of sp³-hybridized carbons (Fsp3) is 0.364. The van der Waals surface area contributed by atoms with E-state index in [0.717, 1.165) is 23.7 Å². The minimum absolute atomic E-state index is 0.139. The quantitative estimate of drug-likeness (QED) is 0.333. The van der Waals surface area contributed by atoms with Crippen LogP contribution in [0.5, 0.6) is 17.2 Å². The van der Waals surface area contributed by atoms with Gasteiger partial charge in [-0.05, 0) is 49.0 Å². The summed E-state index contributed by atoms with van der Waals surface area (Å²) in [6.45, 7) is 2.72. The second-order valence-electron chi connectivity index (χ2n) is 6.52. The first-order valence-electron chi connectivity index (χ1n) is 9.75. The molecule has 0 spiro atoms. The van der Waals surface area contributed by atoms with Crippen LogP contribution in [0.1, 0.15) is 43.0 Å². The normalized spacial score (nSPS) is 10.3. The van der Waals surface area contributed by atoms with Gasteiger partial charge in [0.1, 0.15) is 17.2 Å². The molecule has 2 aromatic carbocycles. The molecular weight excluding hydrogens is 468 g/mol. The van der Waals surface area contributed by atoms with Crippen molar-refractivity contribution in [1.82, 2.24) is 5.32 Å². The van der Waals surface area contributed by atoms with Gasteiger partial charge in [0.05, 0.1) is 32.1 Å². The zero-order chi connectivity index (χ0) is 21.9. The SMILES string of the molecule is CCCCCCOc1ccc(Br)cc1C(=O)NC(=S)Nc1cc(OC)ccc1OC. The topological polar surface area (TPSA) is 68.8 Å². The average Bonchev–Trinajstić information content (AvgIpc) is 2.74. The van der Waals surface area contributed by atoms with Gasteiger partial charge < -0.3 is 19.5 Å². The molecule has 2 N–H and O–H groups in total. The summed E-state index contributed by atoms with van der Waals surface area (Å²) in [5.74, 6) is 1.37. The monoisotopic (exact) mass is 494 g/mol. The Kier molecular flexibility index (Phi) is 9.89. The summed E-state index contributed by atoms with van der Waals surface area (Å²) in [5.41, 5.74) is 0.991. The molecule has 1 amide bonds. The van der Waals surface area contributed by atoms with E-state index < -0.39 is 0 Å². The first kappa shape index (κ1) is 24.0. The fourth-order valence-corrected chi connectivity index (χ4v) is 3.32. The van der Waals surface area contributed by atoms with Crippen molar-refractivity contribution in [3.8, 4) is 17.2 Å². The number of carbonyl (C=O) groups excluding carboxylic acids is 1. The Hall–Kier alpha value is -2.32. The van der Waals surface area contributed by atoms with Gasteiger partial charge in [0.25, 0.3) is 5.91 Å². The smallest absolute Gasteiger partial charge is 0.261 e. The minimum atomic E-state index is -0.362. The number of carbonyl (C=O) groups is 1. The van der Waals surface area contributed by atoms with Gasteiger partial charge in [0.15, 0.2) is 5.11 Å². The third kappa shape index (κ3) is 7.18. The molecule has 6 nitrogen and oxygen atoms in total. The number of halogens is 1. The molecule has 162 valence electrons. The van der Waals surface area contributed by atoms with E-state index in [0.29, 0.717) is 35.1 Å². The Balaban J connectivity index is 2.06. The van der Waals surface area contributed by atoms with Crippen molar-refractivity contribution in [3.63, 3.8) is 0 Å². The van der Waals surface area contributed by atoms with Crippen LogP contribution >= 0.6 is 28.1 Å². The predicted molar refractivity (Wildman–Crippen MR) is 127 cm³/mol. The number of unbranched alkanes of at least 4 members (excludes halogenated alkanes) is 3. The van der Waals surface area contributed by atoms with E-state index >= 15 is 0 Å². The molecule has 2 rings (SSSR count). The molecule has 2 aromatic rings. The summed E-state index contributed by atoms with van der Waals surface area (Å²) < 4.78 is 17.2. The zero-order valence-corrected chi connectivity index (χ0v) is 19.8. The number of ether oxygens (including phenoxy) is 3. The highest BCUT2D eigenvalue weighted by atomic mass is 79.9. The van der Waals surface area contributed by atoms with Gasteiger partial charge in [0.2, 0.25) is 0 Å². The van der Waals surface area contributed by atoms with Crippen molar-refractivity contribution in [2.75, 3.05) is 26.1 Å². The van der Waals surface area contributed by atoms with Crippen molar-refractivity contribution >= 4 is 44.9 Å². The lowest BCUT2D eigenvalue weighted by Crippen LogP contribution is -2.34. The molecule has 0 saturated heterocycles. The highest BCUT2D eigenvalue weighted by molar-refractivity contribution is 9.10. The molecule has 8 heteroatoms. The number of amides is 1. The third-order valence-electron chi connectivity index (χ3n) is 4.32. The van der Waals surface area contributed by atoms with E-state index in [2.05, 4.69) is 33.5 Å². The van der Waals surface area contributed by atoms with E-state index in [4.69, 9.17) is 26.4 Å². The maximum atomic E-state index is 12.8. The first-order valence-corrected chi connectivity index (χ1v) is 10.9. The molecule has 0 aromatic heterocycles. The van der Waals surface area contributed by atoms with Crippen LogP contribution in [-0.4, -0.2) is 31.8 Å². The molecule has 0 aliphatic heterocycles. The molecule has 0 heterocycles. The lowest BCUT2D eigenvalue weighted by Gasteiger charge is -2.15. The van der Waals surface area contributed by atoms with Crippen LogP contribution in [-0.2, 0) is 0 Å². The Labute approximate surface area is 191 Å². The van der Waals surface area contributed by atoms with E-state index in [-0.39, 0.29) is 11.0 Å². The van der Waals surface area contributed by atoms with Crippen molar-refractivity contribution < 1.29 is 19.0 Å². The van der Waals surface area contributed by atoms with Gasteiger partial charge in [-0.3, -0.25) is 10.1 Å². The summed E-state index contributed by atoms with van der Waals surface area (Å²) in [4.78, 5) is 12.8. The van der Waals surface area contributed by atoms with E-state index in [1.54, 1.807) is 44.6 Å². The Morgan fingerprint density at radius 1 is 1.03 bits per heavy atom. The largest absolute Gasteiger partial charge is 0.497 e. The van der Waals surface area contributed by atoms with Crippen LogP contribution in [0.3, 0.4) is 0 Å². The number of benzene rings is 2. The summed E-state index contributed by atoms with van der Waals surface area (Å²) in [5, 5.41) is 5.81. The van der Waals surface area contributed by atoms with Crippen LogP contribution in [0.4, 0.5) is 5.69 Å². The van der Waals surface area contributed by atoms with Crippen LogP contribution in [0.2, 0.25) is 0 Å². The second kappa shape index (κ2) is 12.4. The van der Waals surface area contributed by atoms with Crippen molar-refractivity contribution in [2.45, 2.75) is 32.6 Å². The number of anilines is 1. The first-order chi connectivity index (χ1) is 14.5. The molecule has 0 saturated carbocycles. The van der Waals surface area contributed by atoms with Gasteiger partial charge in [-0.1, -0.05) is 42.1 Å². The highest BCUT2D eigenvalue weighted by Gasteiger charge is 2.16. The van der Waals surface area contributed by atoms with Crippen LogP contribution < -0.4 is 24.8 Å². The van der Waals surface area contributed by atoms with Gasteiger partial charge in [-0.2, -0.15) is 0 Å². The highest BCUT2D eigenvalue weighted by Crippen LogP contribution is 2.29. The van der Waals surface area contributed by atoms with Crippen LogP contribution in [0.15, 0.2) is 40.9 Å². The molecule has 0 aliphatic rings. The number of hydrogen-bond donors (Lipinski definition) is 2. The maximum Gasteiger partial charge on any atom is 0.261 e. The summed E-state index contributed by atoms with van der Waals surface area (Å²) in [6.07, 6.45) is 4.38. The number of hydrogen-bond acceptors (Lipinski definition) is 5. The molecule has 0 atom stereocenters. The third-order valence-corrected chi connectivity index (χ3v) is 5.02. The van der Waals surface area contributed by atoms with Gasteiger partial charge in [0, 0.05) is 10.5 Å². The number of nitrogens with one attached hydrogen (secondary N) is 2.